The molecule has 0 saturated carbocycles. The minimum absolute atomic E-state index is 0. The number of rotatable bonds is 10. The Kier molecular flexibility index (Phi) is 32.6. The number of hydrogen-bond acceptors (Lipinski definition) is 9. The van der Waals surface area contributed by atoms with E-state index in [2.05, 4.69) is 9.47 Å². The number of nitriles is 2. The fourth-order valence-corrected chi connectivity index (χ4v) is 1.27. The Balaban J connectivity index is -0.000000160. The highest BCUT2D eigenvalue weighted by Crippen LogP contribution is 1.96. The maximum Gasteiger partial charge on any atom is 0.348 e. The largest absolute Gasteiger partial charge is 0.465 e. The Morgan fingerprint density at radius 1 is 0.862 bits per heavy atom. The van der Waals surface area contributed by atoms with E-state index < -0.39 is 18.4 Å². The van der Waals surface area contributed by atoms with E-state index in [1.807, 2.05) is 20.8 Å². The molecule has 0 aliphatic carbocycles. The molecule has 0 atom stereocenters. The number of ether oxygens (including phenoxy) is 5. The highest BCUT2D eigenvalue weighted by atomic mass is 16.8. The van der Waals surface area contributed by atoms with Crippen molar-refractivity contribution >= 4 is 11.9 Å². The molecule has 9 nitrogen and oxygen atoms in total. The van der Waals surface area contributed by atoms with Crippen LogP contribution in [0.5, 0.6) is 0 Å². The first-order chi connectivity index (χ1) is 13.4. The zero-order valence-electron chi connectivity index (χ0n) is 17.6. The maximum absolute atomic E-state index is 10.7. The Bertz CT molecular complexity index is 494. The summed E-state index contributed by atoms with van der Waals surface area (Å²) in [6, 6.07) is 3.40. The average molecular weight is 417 g/mol. The Morgan fingerprint density at radius 2 is 1.31 bits per heavy atom. The van der Waals surface area contributed by atoms with Crippen molar-refractivity contribution in [2.75, 3.05) is 33.0 Å². The number of allylic oxidation sites excluding steroid dienone is 1. The van der Waals surface area contributed by atoms with E-state index in [0.717, 1.165) is 0 Å². The SMILES string of the molecule is C.C/C=C(\C#N)C(=O)OCC.CCOC(=O)CC#N.CCOC(OCC)OCC. The molecule has 168 valence electrons. The van der Waals surface area contributed by atoms with E-state index in [-0.39, 0.29) is 19.4 Å². The summed E-state index contributed by atoms with van der Waals surface area (Å²) in [5.74, 6) is -0.998. The van der Waals surface area contributed by atoms with Crippen molar-refractivity contribution in [1.29, 1.82) is 10.5 Å². The molecule has 9 heteroatoms. The van der Waals surface area contributed by atoms with Crippen molar-refractivity contribution in [1.82, 2.24) is 0 Å². The number of hydrogen-bond donors (Lipinski definition) is 0. The fraction of sp³-hybridized carbons (Fsp3) is 0.700. The maximum atomic E-state index is 10.7. The van der Waals surface area contributed by atoms with Crippen LogP contribution in [0.2, 0.25) is 0 Å². The van der Waals surface area contributed by atoms with Gasteiger partial charge in [-0.15, -0.1) is 0 Å². The summed E-state index contributed by atoms with van der Waals surface area (Å²) in [7, 11) is 0. The first-order valence-corrected chi connectivity index (χ1v) is 9.02. The van der Waals surface area contributed by atoms with Crippen molar-refractivity contribution in [2.45, 2.75) is 61.9 Å². The molecule has 0 aromatic rings. The number of carbonyl (C=O) groups excluding carboxylic acids is 2. The third-order valence-electron chi connectivity index (χ3n) is 2.34. The summed E-state index contributed by atoms with van der Waals surface area (Å²) >= 11 is 0. The summed E-state index contributed by atoms with van der Waals surface area (Å²) in [4.78, 5) is 20.9. The van der Waals surface area contributed by atoms with Gasteiger partial charge in [0, 0.05) is 19.8 Å². The van der Waals surface area contributed by atoms with Gasteiger partial charge in [0.25, 0.3) is 6.48 Å². The molecule has 0 fully saturated rings. The number of nitrogens with zero attached hydrogens (tertiary/aromatic N) is 2. The third kappa shape index (κ3) is 25.5. The molecule has 0 unspecified atom stereocenters. The summed E-state index contributed by atoms with van der Waals surface area (Å²) in [6.45, 7) is 12.8. The lowest BCUT2D eigenvalue weighted by Gasteiger charge is -2.15. The predicted molar refractivity (Wildman–Crippen MR) is 108 cm³/mol. The van der Waals surface area contributed by atoms with E-state index in [0.29, 0.717) is 33.0 Å². The molecule has 0 spiro atoms. The van der Waals surface area contributed by atoms with E-state index in [4.69, 9.17) is 24.7 Å². The highest BCUT2D eigenvalue weighted by Gasteiger charge is 2.06. The van der Waals surface area contributed by atoms with Crippen LogP contribution >= 0.6 is 0 Å². The molecule has 0 radical (unpaired) electrons. The second kappa shape index (κ2) is 27.8. The summed E-state index contributed by atoms with van der Waals surface area (Å²) in [6.07, 6.45) is 1.28. The lowest BCUT2D eigenvalue weighted by molar-refractivity contribution is -0.282. The minimum atomic E-state index is -0.549. The van der Waals surface area contributed by atoms with Crippen molar-refractivity contribution < 1.29 is 33.3 Å². The molecule has 0 aromatic carbocycles. The zero-order chi connectivity index (χ0) is 22.2. The molecule has 0 rings (SSSR count). The van der Waals surface area contributed by atoms with E-state index >= 15 is 0 Å². The van der Waals surface area contributed by atoms with E-state index in [1.165, 1.54) is 6.08 Å². The van der Waals surface area contributed by atoms with Crippen LogP contribution in [0.1, 0.15) is 55.4 Å². The molecular weight excluding hydrogens is 380 g/mol. The van der Waals surface area contributed by atoms with Gasteiger partial charge in [-0.1, -0.05) is 13.5 Å². The lowest BCUT2D eigenvalue weighted by atomic mass is 10.3. The molecule has 0 bridgehead atoms. The third-order valence-corrected chi connectivity index (χ3v) is 2.34. The minimum Gasteiger partial charge on any atom is -0.465 e. The van der Waals surface area contributed by atoms with Crippen molar-refractivity contribution in [3.63, 3.8) is 0 Å². The number of carbonyl (C=O) groups is 2. The monoisotopic (exact) mass is 416 g/mol. The molecule has 0 aromatic heterocycles. The van der Waals surface area contributed by atoms with Crippen LogP contribution in [0, 0.1) is 22.7 Å². The summed E-state index contributed by atoms with van der Waals surface area (Å²) in [5.41, 5.74) is 0.0573. The highest BCUT2D eigenvalue weighted by molar-refractivity contribution is 5.92. The van der Waals surface area contributed by atoms with Crippen LogP contribution < -0.4 is 0 Å². The topological polar surface area (TPSA) is 128 Å². The van der Waals surface area contributed by atoms with Gasteiger partial charge in [0.15, 0.2) is 0 Å². The Labute approximate surface area is 175 Å². The molecule has 0 saturated heterocycles. The van der Waals surface area contributed by atoms with Crippen molar-refractivity contribution in [3.8, 4) is 12.1 Å². The number of esters is 2. The predicted octanol–water partition coefficient (Wildman–Crippen LogP) is 3.50. The van der Waals surface area contributed by atoms with Crippen LogP contribution in [0.15, 0.2) is 11.6 Å². The normalized spacial score (nSPS) is 9.34. The lowest BCUT2D eigenvalue weighted by Crippen LogP contribution is -2.20. The first kappa shape index (κ1) is 34.1. The van der Waals surface area contributed by atoms with Gasteiger partial charge in [0.1, 0.15) is 18.1 Å². The van der Waals surface area contributed by atoms with E-state index in [1.54, 1.807) is 32.9 Å². The van der Waals surface area contributed by atoms with Gasteiger partial charge in [0.05, 0.1) is 19.3 Å². The molecule has 0 heterocycles. The second-order valence-corrected chi connectivity index (χ2v) is 4.33. The molecule has 0 N–H and O–H groups in total. The van der Waals surface area contributed by atoms with Gasteiger partial charge >= 0.3 is 11.9 Å². The molecule has 0 aliphatic rings. The van der Waals surface area contributed by atoms with E-state index in [9.17, 15) is 9.59 Å². The van der Waals surface area contributed by atoms with Gasteiger partial charge < -0.3 is 23.7 Å². The fourth-order valence-electron chi connectivity index (χ4n) is 1.27. The zero-order valence-corrected chi connectivity index (χ0v) is 17.6. The van der Waals surface area contributed by atoms with Gasteiger partial charge in [-0.3, -0.25) is 4.79 Å². The van der Waals surface area contributed by atoms with Crippen LogP contribution in [0.3, 0.4) is 0 Å². The molecule has 0 amide bonds. The van der Waals surface area contributed by atoms with Gasteiger partial charge in [-0.2, -0.15) is 10.5 Å². The van der Waals surface area contributed by atoms with Crippen LogP contribution in [0.4, 0.5) is 0 Å². The molecule has 0 aliphatic heterocycles. The van der Waals surface area contributed by atoms with Crippen LogP contribution in [-0.2, 0) is 33.3 Å². The quantitative estimate of drug-likeness (QED) is 0.227. The van der Waals surface area contributed by atoms with Crippen molar-refractivity contribution in [3.05, 3.63) is 11.6 Å². The van der Waals surface area contributed by atoms with Crippen LogP contribution in [-0.4, -0.2) is 51.4 Å². The van der Waals surface area contributed by atoms with Crippen LogP contribution in [0.25, 0.3) is 0 Å². The Morgan fingerprint density at radius 3 is 1.59 bits per heavy atom. The first-order valence-electron chi connectivity index (χ1n) is 9.02. The van der Waals surface area contributed by atoms with Crippen molar-refractivity contribution in [2.24, 2.45) is 0 Å². The van der Waals surface area contributed by atoms with Gasteiger partial charge in [-0.25, -0.2) is 4.79 Å². The standard InChI is InChI=1S/C7H9NO2.C7H16O3.C5H7NO2.CH4/c1-3-6(5-8)7(9)10-4-2;1-4-8-7(9-5-2)10-6-3;1-2-8-5(7)3-4-6;/h3H,4H2,1-2H3;7H,4-6H2,1-3H3;2-3H2,1H3;1H4/b6-3+;;;. The van der Waals surface area contributed by atoms with Gasteiger partial charge in [0.2, 0.25) is 0 Å². The molecule has 29 heavy (non-hydrogen) atoms. The summed E-state index contributed by atoms with van der Waals surface area (Å²) in [5, 5.41) is 16.2. The molecular formula is C20H36N2O7. The second-order valence-electron chi connectivity index (χ2n) is 4.33. The summed E-state index contributed by atoms with van der Waals surface area (Å²) < 4.78 is 24.2. The average Bonchev–Trinajstić information content (AvgIpc) is 2.65. The smallest absolute Gasteiger partial charge is 0.348 e. The van der Waals surface area contributed by atoms with Gasteiger partial charge in [-0.05, 0) is 41.5 Å². The Hall–Kier alpha value is -2.46.